The number of amides is 1. The van der Waals surface area contributed by atoms with Crippen LogP contribution < -0.4 is 5.32 Å². The summed E-state index contributed by atoms with van der Waals surface area (Å²) >= 11 is 10.8. The molecule has 22 heavy (non-hydrogen) atoms. The van der Waals surface area contributed by atoms with Crippen molar-refractivity contribution in [2.45, 2.75) is 0 Å². The zero-order chi connectivity index (χ0) is 15.5. The number of halogens is 1. The van der Waals surface area contributed by atoms with Gasteiger partial charge in [-0.1, -0.05) is 11.6 Å². The first-order valence-electron chi connectivity index (χ1n) is 6.21. The SMILES string of the molecule is O=C(Nc1ccc(Cl)cc1)n1nc(-c2ccncc2)oc1=S. The number of carbonyl (C=O) groups excluding carboxylic acids is 1. The third-order valence-corrected chi connectivity index (χ3v) is 3.27. The summed E-state index contributed by atoms with van der Waals surface area (Å²) in [5.74, 6) is 0.249. The van der Waals surface area contributed by atoms with Crippen LogP contribution in [0.3, 0.4) is 0 Å². The highest BCUT2D eigenvalue weighted by Gasteiger charge is 2.14. The molecule has 0 spiro atoms. The summed E-state index contributed by atoms with van der Waals surface area (Å²) in [5.41, 5.74) is 1.25. The molecule has 0 fully saturated rings. The number of hydrogen-bond acceptors (Lipinski definition) is 5. The highest BCUT2D eigenvalue weighted by atomic mass is 35.5. The largest absolute Gasteiger partial charge is 0.409 e. The first-order chi connectivity index (χ1) is 10.6. The smallest absolute Gasteiger partial charge is 0.350 e. The number of hydrogen-bond donors (Lipinski definition) is 1. The fourth-order valence-corrected chi connectivity index (χ4v) is 2.06. The van der Waals surface area contributed by atoms with Crippen molar-refractivity contribution in [1.29, 1.82) is 0 Å². The van der Waals surface area contributed by atoms with Gasteiger partial charge in [0.25, 0.3) is 4.84 Å². The van der Waals surface area contributed by atoms with E-state index < -0.39 is 6.03 Å². The maximum Gasteiger partial charge on any atom is 0.350 e. The molecule has 3 aromatic rings. The maximum absolute atomic E-state index is 12.2. The van der Waals surface area contributed by atoms with E-state index >= 15 is 0 Å². The minimum Gasteiger partial charge on any atom is -0.409 e. The summed E-state index contributed by atoms with van der Waals surface area (Å²) in [6, 6.07) is 9.59. The van der Waals surface area contributed by atoms with Crippen LogP contribution >= 0.6 is 23.8 Å². The second-order valence-electron chi connectivity index (χ2n) is 4.26. The van der Waals surface area contributed by atoms with Crippen molar-refractivity contribution in [1.82, 2.24) is 14.8 Å². The van der Waals surface area contributed by atoms with Crippen LogP contribution in [0.25, 0.3) is 11.5 Å². The van der Waals surface area contributed by atoms with E-state index in [2.05, 4.69) is 15.4 Å². The lowest BCUT2D eigenvalue weighted by atomic mass is 10.3. The van der Waals surface area contributed by atoms with E-state index in [0.717, 1.165) is 4.68 Å². The molecule has 0 aliphatic carbocycles. The standard InChI is InChI=1S/C14H9ClN4O2S/c15-10-1-3-11(4-2-10)17-13(20)19-14(22)21-12(18-19)9-5-7-16-8-6-9/h1-8H,(H,17,20). The minimum absolute atomic E-state index is 0.0433. The minimum atomic E-state index is -0.517. The number of carbonyl (C=O) groups is 1. The van der Waals surface area contributed by atoms with E-state index in [1.165, 1.54) is 0 Å². The Morgan fingerprint density at radius 3 is 2.55 bits per heavy atom. The van der Waals surface area contributed by atoms with Gasteiger partial charge in [0.1, 0.15) is 0 Å². The zero-order valence-electron chi connectivity index (χ0n) is 11.1. The van der Waals surface area contributed by atoms with Gasteiger partial charge >= 0.3 is 6.03 Å². The number of rotatable bonds is 2. The van der Waals surface area contributed by atoms with E-state index in [9.17, 15) is 4.79 Å². The molecular formula is C14H9ClN4O2S. The lowest BCUT2D eigenvalue weighted by Crippen LogP contribution is -2.20. The van der Waals surface area contributed by atoms with Crippen molar-refractivity contribution in [3.05, 3.63) is 58.7 Å². The lowest BCUT2D eigenvalue weighted by Gasteiger charge is -2.03. The molecule has 0 saturated carbocycles. The van der Waals surface area contributed by atoms with Gasteiger partial charge in [-0.05, 0) is 48.6 Å². The van der Waals surface area contributed by atoms with Crippen LogP contribution in [0.15, 0.2) is 53.2 Å². The van der Waals surface area contributed by atoms with Crippen LogP contribution in [0.5, 0.6) is 0 Å². The van der Waals surface area contributed by atoms with Gasteiger partial charge in [0.2, 0.25) is 5.89 Å². The molecule has 1 amide bonds. The quantitative estimate of drug-likeness (QED) is 0.718. The van der Waals surface area contributed by atoms with E-state index in [-0.39, 0.29) is 10.7 Å². The van der Waals surface area contributed by atoms with Crippen molar-refractivity contribution >= 4 is 35.5 Å². The van der Waals surface area contributed by atoms with Crippen LogP contribution in [0.1, 0.15) is 0 Å². The number of nitrogens with one attached hydrogen (secondary N) is 1. The van der Waals surface area contributed by atoms with Gasteiger partial charge in [0.15, 0.2) is 0 Å². The van der Waals surface area contributed by atoms with Crippen LogP contribution in [-0.2, 0) is 0 Å². The van der Waals surface area contributed by atoms with Crippen molar-refractivity contribution in [2.75, 3.05) is 5.32 Å². The Labute approximate surface area is 135 Å². The molecular weight excluding hydrogens is 324 g/mol. The Morgan fingerprint density at radius 1 is 1.18 bits per heavy atom. The van der Waals surface area contributed by atoms with Crippen molar-refractivity contribution in [3.8, 4) is 11.5 Å². The Morgan fingerprint density at radius 2 is 1.86 bits per heavy atom. The van der Waals surface area contributed by atoms with Crippen LogP contribution in [0, 0.1) is 4.84 Å². The molecule has 0 radical (unpaired) electrons. The molecule has 0 bridgehead atoms. The summed E-state index contributed by atoms with van der Waals surface area (Å²) in [5, 5.41) is 7.31. The molecule has 0 saturated heterocycles. The first-order valence-corrected chi connectivity index (χ1v) is 6.99. The average Bonchev–Trinajstić information content (AvgIpc) is 2.92. The van der Waals surface area contributed by atoms with Gasteiger partial charge < -0.3 is 9.73 Å². The summed E-state index contributed by atoms with van der Waals surface area (Å²) in [4.78, 5) is 16.0. The molecule has 0 aliphatic heterocycles. The molecule has 0 atom stereocenters. The molecule has 6 nitrogen and oxygen atoms in total. The molecule has 2 aromatic heterocycles. The van der Waals surface area contributed by atoms with Crippen LogP contribution in [0.4, 0.5) is 10.5 Å². The van der Waals surface area contributed by atoms with Crippen LogP contribution in [-0.4, -0.2) is 20.8 Å². The zero-order valence-corrected chi connectivity index (χ0v) is 12.6. The van der Waals surface area contributed by atoms with Gasteiger partial charge in [0, 0.05) is 28.7 Å². The average molecular weight is 333 g/mol. The van der Waals surface area contributed by atoms with Crippen molar-refractivity contribution < 1.29 is 9.21 Å². The summed E-state index contributed by atoms with van der Waals surface area (Å²) in [7, 11) is 0. The molecule has 1 N–H and O–H groups in total. The van der Waals surface area contributed by atoms with Gasteiger partial charge in [-0.25, -0.2) is 4.79 Å². The third kappa shape index (κ3) is 3.05. The number of aromatic nitrogens is 3. The maximum atomic E-state index is 12.2. The monoisotopic (exact) mass is 332 g/mol. The Balaban J connectivity index is 1.86. The van der Waals surface area contributed by atoms with E-state index in [0.29, 0.717) is 16.3 Å². The van der Waals surface area contributed by atoms with Gasteiger partial charge in [0.05, 0.1) is 0 Å². The fraction of sp³-hybridized carbons (Fsp3) is 0. The predicted octanol–water partition coefficient (Wildman–Crippen LogP) is 4.00. The van der Waals surface area contributed by atoms with Crippen molar-refractivity contribution in [3.63, 3.8) is 0 Å². The number of nitrogens with zero attached hydrogens (tertiary/aromatic N) is 3. The van der Waals surface area contributed by atoms with E-state index in [1.807, 2.05) is 0 Å². The highest BCUT2D eigenvalue weighted by Crippen LogP contribution is 2.17. The number of benzene rings is 1. The van der Waals surface area contributed by atoms with Gasteiger partial charge in [-0.15, -0.1) is 9.78 Å². The molecule has 1 aromatic carbocycles. The molecule has 110 valence electrons. The van der Waals surface area contributed by atoms with Crippen LogP contribution in [0.2, 0.25) is 5.02 Å². The number of anilines is 1. The van der Waals surface area contributed by atoms with Crippen molar-refractivity contribution in [2.24, 2.45) is 0 Å². The van der Waals surface area contributed by atoms with Gasteiger partial charge in [-0.2, -0.15) is 0 Å². The summed E-state index contributed by atoms with van der Waals surface area (Å²) < 4.78 is 6.32. The Hall–Kier alpha value is -2.51. The fourth-order valence-electron chi connectivity index (χ4n) is 1.73. The Kier molecular flexibility index (Phi) is 3.99. The van der Waals surface area contributed by atoms with Gasteiger partial charge in [-0.3, -0.25) is 4.98 Å². The van der Waals surface area contributed by atoms with E-state index in [4.69, 9.17) is 28.2 Å². The molecule has 0 aliphatic rings. The first kappa shape index (κ1) is 14.4. The molecule has 8 heteroatoms. The third-order valence-electron chi connectivity index (χ3n) is 2.76. The molecule has 0 unspecified atom stereocenters. The normalized spacial score (nSPS) is 10.4. The number of pyridine rings is 1. The molecule has 2 heterocycles. The predicted molar refractivity (Wildman–Crippen MR) is 84.4 cm³/mol. The van der Waals surface area contributed by atoms with E-state index in [1.54, 1.807) is 48.8 Å². The summed E-state index contributed by atoms with van der Waals surface area (Å²) in [6.45, 7) is 0. The summed E-state index contributed by atoms with van der Waals surface area (Å²) in [6.07, 6.45) is 3.20. The molecule has 3 rings (SSSR count). The lowest BCUT2D eigenvalue weighted by molar-refractivity contribution is 0.250. The Bertz CT molecular complexity index is 859. The highest BCUT2D eigenvalue weighted by molar-refractivity contribution is 7.71. The topological polar surface area (TPSA) is 73.0 Å². The second kappa shape index (κ2) is 6.08. The second-order valence-corrected chi connectivity index (χ2v) is 5.04.